The number of rotatable bonds is 10. The van der Waals surface area contributed by atoms with Crippen LogP contribution in [-0.4, -0.2) is 66.4 Å². The first-order valence-corrected chi connectivity index (χ1v) is 15.1. The van der Waals surface area contributed by atoms with Gasteiger partial charge in [0, 0.05) is 11.1 Å². The lowest BCUT2D eigenvalue weighted by Gasteiger charge is -2.12. The number of esters is 2. The molecule has 2 heterocycles. The molecule has 0 fully saturated rings. The highest BCUT2D eigenvalue weighted by Crippen LogP contribution is 2.40. The van der Waals surface area contributed by atoms with Crippen LogP contribution in [-0.2, 0) is 19.1 Å². The van der Waals surface area contributed by atoms with Gasteiger partial charge in [-0.3, -0.25) is 0 Å². The van der Waals surface area contributed by atoms with Gasteiger partial charge in [-0.1, -0.05) is 36.4 Å². The second kappa shape index (κ2) is 16.0. The van der Waals surface area contributed by atoms with Crippen molar-refractivity contribution in [3.8, 4) is 34.5 Å². The quantitative estimate of drug-likeness (QED) is 0.143. The number of carbonyl (C=O) groups is 2. The summed E-state index contributed by atoms with van der Waals surface area (Å²) >= 11 is 0. The molecule has 0 atom stereocenters. The molecule has 0 amide bonds. The average Bonchev–Trinajstić information content (AvgIpc) is 3.72. The Morgan fingerprint density at radius 3 is 1.08 bits per heavy atom. The number of nitrogens with zero attached hydrogens (tertiary/aromatic N) is 2. The van der Waals surface area contributed by atoms with Crippen molar-refractivity contribution >= 4 is 35.9 Å². The highest BCUT2D eigenvalue weighted by Gasteiger charge is 2.26. The lowest BCUT2D eigenvalue weighted by Crippen LogP contribution is -2.05. The van der Waals surface area contributed by atoms with E-state index in [-0.39, 0.29) is 23.2 Å². The van der Waals surface area contributed by atoms with Crippen LogP contribution in [0.3, 0.4) is 0 Å². The molecule has 0 aliphatic carbocycles. The molecule has 6 rings (SSSR count). The summed E-state index contributed by atoms with van der Waals surface area (Å²) in [5.74, 6) is 2.48. The zero-order valence-corrected chi connectivity index (χ0v) is 28.2. The van der Waals surface area contributed by atoms with E-state index >= 15 is 0 Å². The first-order chi connectivity index (χ1) is 24.3. The molecule has 256 valence electrons. The van der Waals surface area contributed by atoms with Crippen molar-refractivity contribution in [1.82, 2.24) is 0 Å². The van der Waals surface area contributed by atoms with Gasteiger partial charge < -0.3 is 37.9 Å². The van der Waals surface area contributed by atoms with Gasteiger partial charge in [0.15, 0.2) is 34.4 Å². The maximum atomic E-state index is 12.1. The molecular formula is C38H34N2O10. The van der Waals surface area contributed by atoms with Crippen molar-refractivity contribution in [1.29, 1.82) is 0 Å². The van der Waals surface area contributed by atoms with E-state index in [2.05, 4.69) is 9.98 Å². The first-order valence-electron chi connectivity index (χ1n) is 15.1. The summed E-state index contributed by atoms with van der Waals surface area (Å²) < 4.78 is 42.3. The van der Waals surface area contributed by atoms with Crippen molar-refractivity contribution in [3.63, 3.8) is 0 Å². The topological polar surface area (TPSA) is 133 Å². The molecule has 0 N–H and O–H groups in total. The summed E-state index contributed by atoms with van der Waals surface area (Å²) in [4.78, 5) is 32.8. The van der Waals surface area contributed by atoms with Gasteiger partial charge >= 0.3 is 11.9 Å². The number of methoxy groups -OCH3 is 6. The standard InChI is InChI=1S/2C19H17NO5/c2*1-22-15-10-12(11-16(23-2)17(15)24-3)9-14-19(21)25-18(20-14)13-7-5-4-6-8-13/h2*4-11H,1-3H3/b2*14-9-. The minimum atomic E-state index is -0.507. The summed E-state index contributed by atoms with van der Waals surface area (Å²) in [5, 5.41) is 0. The molecule has 2 aliphatic rings. The number of aliphatic imine (C=N–C) groups is 2. The Morgan fingerprint density at radius 1 is 0.480 bits per heavy atom. The summed E-state index contributed by atoms with van der Waals surface area (Å²) in [7, 11) is 9.19. The monoisotopic (exact) mass is 678 g/mol. The number of hydrogen-bond acceptors (Lipinski definition) is 12. The smallest absolute Gasteiger partial charge is 0.363 e. The van der Waals surface area contributed by atoms with Crippen LogP contribution in [0.2, 0.25) is 0 Å². The maximum Gasteiger partial charge on any atom is 0.363 e. The number of benzene rings is 4. The highest BCUT2D eigenvalue weighted by atomic mass is 16.6. The van der Waals surface area contributed by atoms with Gasteiger partial charge in [-0.2, -0.15) is 0 Å². The molecular weight excluding hydrogens is 644 g/mol. The maximum absolute atomic E-state index is 12.1. The predicted molar refractivity (Wildman–Crippen MR) is 186 cm³/mol. The lowest BCUT2D eigenvalue weighted by molar-refractivity contribution is -0.130. The molecule has 12 heteroatoms. The van der Waals surface area contributed by atoms with Gasteiger partial charge in [0.05, 0.1) is 42.7 Å². The van der Waals surface area contributed by atoms with Crippen molar-refractivity contribution in [2.24, 2.45) is 9.98 Å². The fourth-order valence-corrected chi connectivity index (χ4v) is 4.91. The molecule has 2 aliphatic heterocycles. The zero-order chi connectivity index (χ0) is 35.6. The lowest BCUT2D eigenvalue weighted by atomic mass is 10.1. The molecule has 0 spiro atoms. The van der Waals surface area contributed by atoms with Crippen molar-refractivity contribution in [2.45, 2.75) is 0 Å². The fourth-order valence-electron chi connectivity index (χ4n) is 4.91. The number of cyclic esters (lactones) is 2. The molecule has 0 unspecified atom stereocenters. The summed E-state index contributed by atoms with van der Waals surface area (Å²) in [6.07, 6.45) is 3.23. The molecule has 0 aromatic heterocycles. The Labute approximate surface area is 288 Å². The molecule has 0 bridgehead atoms. The molecule has 0 saturated carbocycles. The molecule has 0 radical (unpaired) electrons. The second-order valence-electron chi connectivity index (χ2n) is 10.3. The van der Waals surface area contributed by atoms with E-state index in [0.717, 1.165) is 11.1 Å². The SMILES string of the molecule is COc1cc(/C=C2\N=C(c3ccccc3)OC2=O)cc(OC)c1OC.COc1cc(/C=C2\N=C(c3ccccc3)OC2=O)cc(OC)c1OC. The molecule has 12 nitrogen and oxygen atoms in total. The van der Waals surface area contributed by atoms with Crippen molar-refractivity contribution < 1.29 is 47.5 Å². The van der Waals surface area contributed by atoms with Crippen LogP contribution >= 0.6 is 0 Å². The van der Waals surface area contributed by atoms with Gasteiger partial charge in [0.2, 0.25) is 23.3 Å². The third-order valence-electron chi connectivity index (χ3n) is 7.26. The normalized spacial score (nSPS) is 14.9. The van der Waals surface area contributed by atoms with Gasteiger partial charge in [-0.15, -0.1) is 0 Å². The van der Waals surface area contributed by atoms with Gasteiger partial charge in [0.25, 0.3) is 0 Å². The van der Waals surface area contributed by atoms with Crippen LogP contribution in [0.4, 0.5) is 0 Å². The molecule has 0 saturated heterocycles. The minimum absolute atomic E-state index is 0.202. The van der Waals surface area contributed by atoms with Crippen molar-refractivity contribution in [3.05, 3.63) is 119 Å². The van der Waals surface area contributed by atoms with Gasteiger partial charge in [0.1, 0.15) is 0 Å². The van der Waals surface area contributed by atoms with Crippen LogP contribution in [0.25, 0.3) is 12.2 Å². The van der Waals surface area contributed by atoms with Crippen LogP contribution in [0.5, 0.6) is 34.5 Å². The van der Waals surface area contributed by atoms with E-state index in [1.807, 2.05) is 60.7 Å². The minimum Gasteiger partial charge on any atom is -0.493 e. The predicted octanol–water partition coefficient (Wildman–Crippen LogP) is 6.11. The van der Waals surface area contributed by atoms with Crippen LogP contribution < -0.4 is 28.4 Å². The third kappa shape index (κ3) is 7.76. The average molecular weight is 679 g/mol. The Kier molecular flexibility index (Phi) is 11.1. The van der Waals surface area contributed by atoms with E-state index in [1.165, 1.54) is 42.7 Å². The largest absolute Gasteiger partial charge is 0.493 e. The van der Waals surface area contributed by atoms with E-state index in [1.54, 1.807) is 36.4 Å². The second-order valence-corrected chi connectivity index (χ2v) is 10.3. The summed E-state index contributed by atoms with van der Waals surface area (Å²) in [5.41, 5.74) is 3.24. The van der Waals surface area contributed by atoms with Crippen LogP contribution in [0.1, 0.15) is 22.3 Å². The van der Waals surface area contributed by atoms with E-state index in [9.17, 15) is 9.59 Å². The zero-order valence-electron chi connectivity index (χ0n) is 28.2. The highest BCUT2D eigenvalue weighted by molar-refractivity contribution is 6.13. The Bertz CT molecular complexity index is 1810. The Morgan fingerprint density at radius 2 is 0.800 bits per heavy atom. The van der Waals surface area contributed by atoms with Crippen molar-refractivity contribution in [2.75, 3.05) is 42.7 Å². The Hall–Kier alpha value is -6.56. The molecule has 50 heavy (non-hydrogen) atoms. The van der Waals surface area contributed by atoms with Crippen LogP contribution in [0.15, 0.2) is 106 Å². The summed E-state index contributed by atoms with van der Waals surface area (Å²) in [6, 6.07) is 25.4. The van der Waals surface area contributed by atoms with E-state index < -0.39 is 11.9 Å². The van der Waals surface area contributed by atoms with Gasteiger partial charge in [-0.25, -0.2) is 19.6 Å². The van der Waals surface area contributed by atoms with Crippen LogP contribution in [0, 0.1) is 0 Å². The number of hydrogen-bond donors (Lipinski definition) is 0. The third-order valence-corrected chi connectivity index (χ3v) is 7.26. The van der Waals surface area contributed by atoms with Gasteiger partial charge in [-0.05, 0) is 71.8 Å². The first kappa shape index (κ1) is 34.8. The summed E-state index contributed by atoms with van der Waals surface area (Å²) in [6.45, 7) is 0. The number of ether oxygens (including phenoxy) is 8. The fraction of sp³-hybridized carbons (Fsp3) is 0.158. The van der Waals surface area contributed by atoms with E-state index in [4.69, 9.17) is 37.9 Å². The molecule has 4 aromatic carbocycles. The Balaban J connectivity index is 0.000000194. The van der Waals surface area contributed by atoms with E-state index in [0.29, 0.717) is 45.6 Å². The number of carbonyl (C=O) groups excluding carboxylic acids is 2. The molecule has 4 aromatic rings.